The third-order valence-corrected chi connectivity index (χ3v) is 5.33. The minimum Gasteiger partial charge on any atom is -0.336 e. The maximum absolute atomic E-state index is 12.6. The number of anilines is 2. The number of likely N-dealkylation sites (tertiary alicyclic amines) is 1. The van der Waals surface area contributed by atoms with Gasteiger partial charge in [-0.05, 0) is 44.0 Å². The zero-order valence-corrected chi connectivity index (χ0v) is 17.5. The molecule has 1 unspecified atom stereocenters. The number of amides is 3. The Balaban J connectivity index is 1.54. The molecule has 164 valence electrons. The summed E-state index contributed by atoms with van der Waals surface area (Å²) in [5, 5.41) is 19.5. The number of nitro groups is 1. The van der Waals surface area contributed by atoms with E-state index in [0.29, 0.717) is 17.9 Å². The number of rotatable bonds is 7. The summed E-state index contributed by atoms with van der Waals surface area (Å²) < 4.78 is 0. The van der Waals surface area contributed by atoms with Gasteiger partial charge in [-0.2, -0.15) is 0 Å². The molecule has 1 aliphatic heterocycles. The summed E-state index contributed by atoms with van der Waals surface area (Å²) in [6.07, 6.45) is 2.90. The number of urea groups is 1. The molecule has 3 amide bonds. The summed E-state index contributed by atoms with van der Waals surface area (Å²) in [4.78, 5) is 37.4. The molecule has 3 N–H and O–H groups in total. The van der Waals surface area contributed by atoms with Gasteiger partial charge < -0.3 is 16.0 Å². The van der Waals surface area contributed by atoms with Crippen LogP contribution in [-0.2, 0) is 4.79 Å². The van der Waals surface area contributed by atoms with Crippen molar-refractivity contribution < 1.29 is 14.5 Å². The molecular weight excluding hydrogens is 398 g/mol. The largest absolute Gasteiger partial charge is 0.336 e. The Morgan fingerprint density at radius 1 is 1.13 bits per heavy atom. The quantitative estimate of drug-likeness (QED) is 0.464. The Kier molecular flexibility index (Phi) is 7.55. The van der Waals surface area contributed by atoms with E-state index >= 15 is 0 Å². The van der Waals surface area contributed by atoms with Crippen molar-refractivity contribution in [1.82, 2.24) is 10.2 Å². The van der Waals surface area contributed by atoms with Crippen LogP contribution < -0.4 is 16.0 Å². The second kappa shape index (κ2) is 10.5. The maximum Gasteiger partial charge on any atom is 0.319 e. The van der Waals surface area contributed by atoms with Crippen LogP contribution in [0.5, 0.6) is 0 Å². The maximum atomic E-state index is 12.6. The number of benzene rings is 2. The van der Waals surface area contributed by atoms with E-state index in [1.54, 1.807) is 13.0 Å². The van der Waals surface area contributed by atoms with E-state index in [1.165, 1.54) is 12.1 Å². The average molecular weight is 425 g/mol. The van der Waals surface area contributed by atoms with Crippen LogP contribution in [0.25, 0.3) is 0 Å². The summed E-state index contributed by atoms with van der Waals surface area (Å²) in [5.41, 5.74) is 1.85. The Morgan fingerprint density at radius 3 is 2.65 bits per heavy atom. The van der Waals surface area contributed by atoms with Crippen LogP contribution in [0.2, 0.25) is 0 Å². The van der Waals surface area contributed by atoms with Crippen LogP contribution >= 0.6 is 0 Å². The van der Waals surface area contributed by atoms with Crippen molar-refractivity contribution in [2.45, 2.75) is 32.2 Å². The summed E-state index contributed by atoms with van der Waals surface area (Å²) in [6.45, 7) is 3.14. The Hall–Kier alpha value is -3.46. The fraction of sp³-hybridized carbons (Fsp3) is 0.364. The van der Waals surface area contributed by atoms with E-state index in [2.05, 4.69) is 16.0 Å². The molecule has 2 aromatic rings. The lowest BCUT2D eigenvalue weighted by Gasteiger charge is -2.35. The van der Waals surface area contributed by atoms with Crippen molar-refractivity contribution in [2.24, 2.45) is 0 Å². The van der Waals surface area contributed by atoms with E-state index in [9.17, 15) is 19.7 Å². The summed E-state index contributed by atoms with van der Waals surface area (Å²) in [5.74, 6) is -0.232. The van der Waals surface area contributed by atoms with Gasteiger partial charge in [0, 0.05) is 30.4 Å². The fourth-order valence-corrected chi connectivity index (χ4v) is 3.64. The molecule has 1 fully saturated rings. The van der Waals surface area contributed by atoms with Gasteiger partial charge in [0.05, 0.1) is 17.2 Å². The zero-order valence-electron chi connectivity index (χ0n) is 17.5. The van der Waals surface area contributed by atoms with Gasteiger partial charge in [0.25, 0.3) is 5.69 Å². The number of piperidine rings is 1. The highest BCUT2D eigenvalue weighted by molar-refractivity contribution is 5.93. The number of para-hydroxylation sites is 1. The van der Waals surface area contributed by atoms with Gasteiger partial charge in [-0.25, -0.2) is 4.79 Å². The third-order valence-electron chi connectivity index (χ3n) is 5.33. The highest BCUT2D eigenvalue weighted by Crippen LogP contribution is 2.22. The highest BCUT2D eigenvalue weighted by atomic mass is 16.6. The number of aryl methyl sites for hydroxylation is 1. The second-order valence-electron chi connectivity index (χ2n) is 7.63. The first-order chi connectivity index (χ1) is 14.9. The molecule has 1 aliphatic rings. The van der Waals surface area contributed by atoms with Crippen LogP contribution in [0.3, 0.4) is 0 Å². The lowest BCUT2D eigenvalue weighted by molar-refractivity contribution is -0.384. The lowest BCUT2D eigenvalue weighted by atomic mass is 10.0. The number of non-ortho nitro benzene ring substituents is 1. The van der Waals surface area contributed by atoms with E-state index < -0.39 is 4.92 Å². The normalized spacial score (nSPS) is 16.4. The minimum atomic E-state index is -0.484. The molecular formula is C22H27N5O4. The van der Waals surface area contributed by atoms with Gasteiger partial charge in [0.15, 0.2) is 0 Å². The predicted molar refractivity (Wildman–Crippen MR) is 119 cm³/mol. The van der Waals surface area contributed by atoms with Crippen LogP contribution in [0, 0.1) is 17.0 Å². The first kappa shape index (κ1) is 22.2. The van der Waals surface area contributed by atoms with Crippen LogP contribution in [0.1, 0.15) is 24.8 Å². The molecule has 31 heavy (non-hydrogen) atoms. The molecule has 1 saturated heterocycles. The van der Waals surface area contributed by atoms with Crippen molar-refractivity contribution in [3.8, 4) is 0 Å². The molecule has 0 radical (unpaired) electrons. The van der Waals surface area contributed by atoms with Crippen molar-refractivity contribution in [1.29, 1.82) is 0 Å². The molecule has 1 heterocycles. The number of nitrogens with zero attached hydrogens (tertiary/aromatic N) is 2. The number of carbonyl (C=O) groups is 2. The molecule has 0 spiro atoms. The molecule has 0 saturated carbocycles. The number of nitrogens with one attached hydrogen (secondary N) is 3. The van der Waals surface area contributed by atoms with Gasteiger partial charge >= 0.3 is 6.03 Å². The van der Waals surface area contributed by atoms with Crippen molar-refractivity contribution in [3.63, 3.8) is 0 Å². The molecule has 0 bridgehead atoms. The van der Waals surface area contributed by atoms with Gasteiger partial charge in [-0.1, -0.05) is 30.7 Å². The van der Waals surface area contributed by atoms with Crippen molar-refractivity contribution in [2.75, 3.05) is 30.3 Å². The zero-order chi connectivity index (χ0) is 22.2. The Bertz CT molecular complexity index is 935. The highest BCUT2D eigenvalue weighted by Gasteiger charge is 2.25. The SMILES string of the molecule is Cc1ccc([N+](=O)[O-])cc1NC(=O)CN1CCCCC1CNC(=O)Nc1ccccc1. The topological polar surface area (TPSA) is 117 Å². The Morgan fingerprint density at radius 2 is 1.90 bits per heavy atom. The summed E-state index contributed by atoms with van der Waals surface area (Å²) in [6, 6.07) is 13.4. The molecule has 1 atom stereocenters. The van der Waals surface area contributed by atoms with Crippen LogP contribution in [0.15, 0.2) is 48.5 Å². The van der Waals surface area contributed by atoms with Gasteiger partial charge in [-0.15, -0.1) is 0 Å². The lowest BCUT2D eigenvalue weighted by Crippen LogP contribution is -2.49. The molecule has 3 rings (SSSR count). The van der Waals surface area contributed by atoms with Gasteiger partial charge in [0.1, 0.15) is 0 Å². The monoisotopic (exact) mass is 425 g/mol. The fourth-order valence-electron chi connectivity index (χ4n) is 3.64. The Labute approximate surface area is 181 Å². The number of carbonyl (C=O) groups excluding carboxylic acids is 2. The van der Waals surface area contributed by atoms with E-state index in [4.69, 9.17) is 0 Å². The van der Waals surface area contributed by atoms with Crippen molar-refractivity contribution in [3.05, 3.63) is 64.2 Å². The number of hydrogen-bond donors (Lipinski definition) is 3. The van der Waals surface area contributed by atoms with E-state index in [0.717, 1.165) is 31.4 Å². The van der Waals surface area contributed by atoms with Crippen LogP contribution in [-0.4, -0.2) is 47.4 Å². The van der Waals surface area contributed by atoms with E-state index in [1.807, 2.05) is 35.2 Å². The standard InChI is InChI=1S/C22H27N5O4/c1-16-10-11-18(27(30)31)13-20(16)25-21(28)15-26-12-6-5-9-19(26)14-23-22(29)24-17-7-3-2-4-8-17/h2-4,7-8,10-11,13,19H,5-6,9,12,14-15H2,1H3,(H,25,28)(H2,23,24,29). The van der Waals surface area contributed by atoms with Crippen molar-refractivity contribution >= 4 is 29.0 Å². The van der Waals surface area contributed by atoms with Gasteiger partial charge in [0.2, 0.25) is 5.91 Å². The van der Waals surface area contributed by atoms with E-state index in [-0.39, 0.29) is 30.2 Å². The molecule has 0 aromatic heterocycles. The minimum absolute atomic E-state index is 0.0484. The van der Waals surface area contributed by atoms with Gasteiger partial charge in [-0.3, -0.25) is 19.8 Å². The molecule has 2 aromatic carbocycles. The average Bonchev–Trinajstić information content (AvgIpc) is 2.75. The second-order valence-corrected chi connectivity index (χ2v) is 7.63. The third kappa shape index (κ3) is 6.51. The summed E-state index contributed by atoms with van der Waals surface area (Å²) in [7, 11) is 0. The number of hydrogen-bond acceptors (Lipinski definition) is 5. The molecule has 9 heteroatoms. The molecule has 9 nitrogen and oxygen atoms in total. The predicted octanol–water partition coefficient (Wildman–Crippen LogP) is 3.52. The summed E-state index contributed by atoms with van der Waals surface area (Å²) >= 11 is 0. The molecule has 0 aliphatic carbocycles. The first-order valence-electron chi connectivity index (χ1n) is 10.3. The smallest absolute Gasteiger partial charge is 0.319 e. The number of nitro benzene ring substituents is 1. The first-order valence-corrected chi connectivity index (χ1v) is 10.3. The van der Waals surface area contributed by atoms with Crippen LogP contribution in [0.4, 0.5) is 21.9 Å².